The van der Waals surface area contributed by atoms with E-state index in [9.17, 15) is 9.50 Å². The minimum absolute atomic E-state index is 0.0874. The van der Waals surface area contributed by atoms with Gasteiger partial charge in [0.25, 0.3) is 0 Å². The highest BCUT2D eigenvalue weighted by Crippen LogP contribution is 2.10. The van der Waals surface area contributed by atoms with Crippen LogP contribution in [0.3, 0.4) is 0 Å². The molecule has 1 aliphatic heterocycles. The Morgan fingerprint density at radius 2 is 2.29 bits per heavy atom. The highest BCUT2D eigenvalue weighted by atomic mass is 19.1. The van der Waals surface area contributed by atoms with Crippen molar-refractivity contribution >= 4 is 11.5 Å². The molecule has 0 amide bonds. The molecule has 0 aromatic rings. The number of nitrogens with zero attached hydrogens (tertiary/aromatic N) is 2. The van der Waals surface area contributed by atoms with Gasteiger partial charge in [-0.3, -0.25) is 4.99 Å². The molecular weight excluding hydrogens is 269 g/mol. The van der Waals surface area contributed by atoms with E-state index in [2.05, 4.69) is 15.3 Å². The van der Waals surface area contributed by atoms with Crippen molar-refractivity contribution in [3.8, 4) is 0 Å². The maximum atomic E-state index is 13.3. The molecule has 0 aromatic heterocycles. The second-order valence-corrected chi connectivity index (χ2v) is 4.94. The van der Waals surface area contributed by atoms with Crippen molar-refractivity contribution in [2.45, 2.75) is 46.4 Å². The summed E-state index contributed by atoms with van der Waals surface area (Å²) in [4.78, 5) is 8.20. The molecule has 116 valence electrons. The van der Waals surface area contributed by atoms with Crippen LogP contribution in [0.25, 0.3) is 0 Å². The van der Waals surface area contributed by atoms with Crippen molar-refractivity contribution in [2.24, 2.45) is 9.98 Å². The van der Waals surface area contributed by atoms with Crippen LogP contribution < -0.4 is 5.32 Å². The summed E-state index contributed by atoms with van der Waals surface area (Å²) in [6, 6.07) is 0. The van der Waals surface area contributed by atoms with E-state index in [1.165, 1.54) is 0 Å². The third-order valence-electron chi connectivity index (χ3n) is 3.07. The third kappa shape index (κ3) is 5.63. The van der Waals surface area contributed by atoms with E-state index >= 15 is 0 Å². The van der Waals surface area contributed by atoms with E-state index in [1.807, 2.05) is 39.0 Å². The zero-order chi connectivity index (χ0) is 15.8. The molecule has 1 aliphatic rings. The summed E-state index contributed by atoms with van der Waals surface area (Å²) in [7, 11) is 0. The number of amidine groups is 1. The first-order valence-electron chi connectivity index (χ1n) is 7.17. The molecule has 0 saturated carbocycles. The quantitative estimate of drug-likeness (QED) is 0.740. The molecule has 4 nitrogen and oxygen atoms in total. The van der Waals surface area contributed by atoms with Gasteiger partial charge in [0.2, 0.25) is 0 Å². The van der Waals surface area contributed by atoms with Crippen molar-refractivity contribution in [3.05, 3.63) is 35.7 Å². The van der Waals surface area contributed by atoms with Gasteiger partial charge in [0.1, 0.15) is 5.84 Å². The van der Waals surface area contributed by atoms with E-state index in [0.717, 1.165) is 5.70 Å². The molecular formula is C16H24FN3O. The van der Waals surface area contributed by atoms with E-state index in [-0.39, 0.29) is 6.54 Å². The fourth-order valence-corrected chi connectivity index (χ4v) is 1.75. The summed E-state index contributed by atoms with van der Waals surface area (Å²) < 4.78 is 13.3. The monoisotopic (exact) mass is 293 g/mol. The van der Waals surface area contributed by atoms with E-state index in [0.29, 0.717) is 23.7 Å². The zero-order valence-corrected chi connectivity index (χ0v) is 13.1. The number of halogens is 1. The highest BCUT2D eigenvalue weighted by molar-refractivity contribution is 6.06. The average molecular weight is 293 g/mol. The average Bonchev–Trinajstić information content (AvgIpc) is 2.47. The van der Waals surface area contributed by atoms with Crippen LogP contribution in [-0.2, 0) is 0 Å². The predicted octanol–water partition coefficient (Wildman–Crippen LogP) is 2.92. The summed E-state index contributed by atoms with van der Waals surface area (Å²) in [6.07, 6.45) is 6.24. The number of allylic oxidation sites excluding steroid dienone is 4. The van der Waals surface area contributed by atoms with Crippen LogP contribution in [0.1, 0.15) is 34.1 Å². The number of aliphatic hydroxyl groups excluding tert-OH is 1. The summed E-state index contributed by atoms with van der Waals surface area (Å²) in [5, 5.41) is 13.2. The minimum atomic E-state index is -1.11. The van der Waals surface area contributed by atoms with Gasteiger partial charge in [-0.1, -0.05) is 19.1 Å². The largest absolute Gasteiger partial charge is 0.387 e. The van der Waals surface area contributed by atoms with Crippen LogP contribution in [0.2, 0.25) is 0 Å². The molecule has 0 radical (unpaired) electrons. The molecule has 1 rings (SSSR count). The fraction of sp³-hybridized carbons (Fsp3) is 0.500. The lowest BCUT2D eigenvalue weighted by molar-refractivity contribution is 0.200. The van der Waals surface area contributed by atoms with Crippen molar-refractivity contribution in [2.75, 3.05) is 6.54 Å². The van der Waals surface area contributed by atoms with Gasteiger partial charge in [0.15, 0.2) is 6.17 Å². The van der Waals surface area contributed by atoms with Gasteiger partial charge < -0.3 is 10.4 Å². The Morgan fingerprint density at radius 3 is 2.86 bits per heavy atom. The molecule has 0 saturated heterocycles. The molecule has 5 heteroatoms. The highest BCUT2D eigenvalue weighted by Gasteiger charge is 2.16. The molecule has 0 fully saturated rings. The van der Waals surface area contributed by atoms with Crippen LogP contribution in [0.15, 0.2) is 45.7 Å². The molecule has 1 unspecified atom stereocenters. The molecule has 21 heavy (non-hydrogen) atoms. The van der Waals surface area contributed by atoms with Crippen LogP contribution in [-0.4, -0.2) is 35.5 Å². The lowest BCUT2D eigenvalue weighted by Gasteiger charge is -2.17. The second kappa shape index (κ2) is 8.52. The Labute approximate surface area is 125 Å². The Balaban J connectivity index is 2.95. The van der Waals surface area contributed by atoms with Gasteiger partial charge in [0, 0.05) is 17.5 Å². The molecule has 0 aromatic carbocycles. The Morgan fingerprint density at radius 1 is 1.57 bits per heavy atom. The summed E-state index contributed by atoms with van der Waals surface area (Å²) in [6.45, 7) is 7.46. The number of rotatable bonds is 6. The van der Waals surface area contributed by atoms with Gasteiger partial charge in [-0.2, -0.15) is 0 Å². The predicted molar refractivity (Wildman–Crippen MR) is 86.4 cm³/mol. The zero-order valence-electron chi connectivity index (χ0n) is 13.1. The van der Waals surface area contributed by atoms with E-state index in [4.69, 9.17) is 0 Å². The van der Waals surface area contributed by atoms with Gasteiger partial charge in [0.05, 0.1) is 18.4 Å². The Bertz CT molecular complexity index is 504. The van der Waals surface area contributed by atoms with Crippen molar-refractivity contribution in [3.63, 3.8) is 0 Å². The lowest BCUT2D eigenvalue weighted by atomic mass is 10.1. The first-order chi connectivity index (χ1) is 9.97. The van der Waals surface area contributed by atoms with Crippen LogP contribution >= 0.6 is 0 Å². The molecule has 2 N–H and O–H groups in total. The van der Waals surface area contributed by atoms with Gasteiger partial charge in [-0.15, -0.1) is 0 Å². The first kappa shape index (κ1) is 17.3. The summed E-state index contributed by atoms with van der Waals surface area (Å²) in [5.74, 6) is 0.440. The number of hydrogen-bond donors (Lipinski definition) is 2. The standard InChI is InChI=1S/C16H24FN3O/c1-5-7-8-11(3)19-14(15(21)6-2)9-16-18-10-13(17)12(4)20-16/h5,7-9,13,15,19,21H,6,10H2,1-4H3/b7-5+,11-8+,14-9+/t13?,15-/m0/s1. The Kier molecular flexibility index (Phi) is 7.02. The summed E-state index contributed by atoms with van der Waals surface area (Å²) >= 11 is 0. The van der Waals surface area contributed by atoms with E-state index in [1.54, 1.807) is 13.0 Å². The number of aliphatic imine (C=N–C) groups is 2. The van der Waals surface area contributed by atoms with Crippen LogP contribution in [0.4, 0.5) is 4.39 Å². The normalized spacial score (nSPS) is 22.1. The van der Waals surface area contributed by atoms with Gasteiger partial charge >= 0.3 is 0 Å². The van der Waals surface area contributed by atoms with Gasteiger partial charge in [-0.25, -0.2) is 9.38 Å². The lowest BCUT2D eigenvalue weighted by Crippen LogP contribution is -2.26. The van der Waals surface area contributed by atoms with Crippen molar-refractivity contribution in [1.29, 1.82) is 0 Å². The number of aliphatic hydroxyl groups is 1. The second-order valence-electron chi connectivity index (χ2n) is 4.94. The van der Waals surface area contributed by atoms with Crippen LogP contribution in [0.5, 0.6) is 0 Å². The number of alkyl halides is 1. The topological polar surface area (TPSA) is 57.0 Å². The SMILES string of the molecule is C/C=C/C=C(\C)N/C(=C/C1=NCC(F)C(C)=N1)[C@@H](O)CC. The maximum Gasteiger partial charge on any atom is 0.157 e. The minimum Gasteiger partial charge on any atom is -0.387 e. The molecule has 1 heterocycles. The first-order valence-corrected chi connectivity index (χ1v) is 7.17. The number of nitrogens with one attached hydrogen (secondary N) is 1. The van der Waals surface area contributed by atoms with Gasteiger partial charge in [-0.05, 0) is 33.3 Å². The Hall–Kier alpha value is -1.75. The maximum absolute atomic E-state index is 13.3. The fourth-order valence-electron chi connectivity index (χ4n) is 1.75. The van der Waals surface area contributed by atoms with Crippen molar-refractivity contribution < 1.29 is 9.50 Å². The van der Waals surface area contributed by atoms with Crippen LogP contribution in [0, 0.1) is 0 Å². The molecule has 0 spiro atoms. The van der Waals surface area contributed by atoms with E-state index < -0.39 is 12.3 Å². The third-order valence-corrected chi connectivity index (χ3v) is 3.07. The summed E-state index contributed by atoms with van der Waals surface area (Å²) in [5.41, 5.74) is 1.93. The number of hydrogen-bond acceptors (Lipinski definition) is 4. The molecule has 0 aliphatic carbocycles. The smallest absolute Gasteiger partial charge is 0.157 e. The molecule has 0 bridgehead atoms. The molecule has 2 atom stereocenters. The van der Waals surface area contributed by atoms with Crippen molar-refractivity contribution in [1.82, 2.24) is 5.32 Å².